The smallest absolute Gasteiger partial charge is 0.321 e. The van der Waals surface area contributed by atoms with Gasteiger partial charge in [0, 0.05) is 37.3 Å². The standard InChI is InChI=1S/C17H20ClN3O4/c1-20-14(22)10-13(15(23)24)17(20)5-7-21(8-6-17)16(25)19-12-4-2-3-11(18)9-12/h2-4,9,13H,5-8,10H2,1H3,(H,19,25)(H,23,24)/t13-/m1/s1. The summed E-state index contributed by atoms with van der Waals surface area (Å²) in [5, 5.41) is 12.8. The molecule has 0 saturated carbocycles. The molecule has 2 saturated heterocycles. The van der Waals surface area contributed by atoms with Crippen molar-refractivity contribution in [3.8, 4) is 0 Å². The van der Waals surface area contributed by atoms with E-state index in [-0.39, 0.29) is 18.4 Å². The molecule has 3 rings (SSSR count). The van der Waals surface area contributed by atoms with Gasteiger partial charge in [-0.2, -0.15) is 0 Å². The van der Waals surface area contributed by atoms with E-state index < -0.39 is 17.4 Å². The number of nitrogens with one attached hydrogen (secondary N) is 1. The Morgan fingerprint density at radius 1 is 1.32 bits per heavy atom. The number of carboxylic acid groups (broad SMARTS) is 1. The van der Waals surface area contributed by atoms with Crippen molar-refractivity contribution in [1.29, 1.82) is 0 Å². The van der Waals surface area contributed by atoms with Crippen molar-refractivity contribution in [2.24, 2.45) is 5.92 Å². The molecule has 2 aliphatic heterocycles. The van der Waals surface area contributed by atoms with Crippen LogP contribution in [0.1, 0.15) is 19.3 Å². The lowest BCUT2D eigenvalue weighted by atomic mass is 9.77. The summed E-state index contributed by atoms with van der Waals surface area (Å²) in [5.41, 5.74) is -0.0928. The zero-order valence-electron chi connectivity index (χ0n) is 13.9. The molecule has 0 aliphatic carbocycles. The van der Waals surface area contributed by atoms with Crippen molar-refractivity contribution in [3.63, 3.8) is 0 Å². The Morgan fingerprint density at radius 2 is 2.00 bits per heavy atom. The predicted molar refractivity (Wildman–Crippen MR) is 92.5 cm³/mol. The third kappa shape index (κ3) is 3.16. The third-order valence-electron chi connectivity index (χ3n) is 5.36. The van der Waals surface area contributed by atoms with E-state index in [9.17, 15) is 19.5 Å². The number of amides is 3. The van der Waals surface area contributed by atoms with Crippen molar-refractivity contribution >= 4 is 35.2 Å². The molecular weight excluding hydrogens is 346 g/mol. The minimum atomic E-state index is -0.950. The number of carbonyl (C=O) groups is 3. The molecule has 0 unspecified atom stereocenters. The molecular formula is C17H20ClN3O4. The van der Waals surface area contributed by atoms with Gasteiger partial charge in [0.2, 0.25) is 5.91 Å². The van der Waals surface area contributed by atoms with Gasteiger partial charge in [0.05, 0.1) is 11.5 Å². The van der Waals surface area contributed by atoms with E-state index >= 15 is 0 Å². The summed E-state index contributed by atoms with van der Waals surface area (Å²) in [7, 11) is 1.66. The first-order valence-electron chi connectivity index (χ1n) is 8.14. The quantitative estimate of drug-likeness (QED) is 0.841. The summed E-state index contributed by atoms with van der Waals surface area (Å²) in [6, 6.07) is 6.63. The van der Waals surface area contributed by atoms with Gasteiger partial charge < -0.3 is 20.2 Å². The molecule has 8 heteroatoms. The van der Waals surface area contributed by atoms with Crippen molar-refractivity contribution in [2.45, 2.75) is 24.8 Å². The van der Waals surface area contributed by atoms with Gasteiger partial charge in [0.25, 0.3) is 0 Å². The second-order valence-corrected chi connectivity index (χ2v) is 7.02. The second kappa shape index (κ2) is 6.55. The number of nitrogens with zero attached hydrogens (tertiary/aromatic N) is 2. The first-order valence-corrected chi connectivity index (χ1v) is 8.52. The molecule has 2 aliphatic rings. The highest BCUT2D eigenvalue weighted by Gasteiger charge is 2.55. The minimum absolute atomic E-state index is 0.0283. The summed E-state index contributed by atoms with van der Waals surface area (Å²) < 4.78 is 0. The highest BCUT2D eigenvalue weighted by atomic mass is 35.5. The largest absolute Gasteiger partial charge is 0.481 e. The van der Waals surface area contributed by atoms with Gasteiger partial charge in [-0.1, -0.05) is 17.7 Å². The summed E-state index contributed by atoms with van der Waals surface area (Å²) >= 11 is 5.91. The van der Waals surface area contributed by atoms with E-state index in [2.05, 4.69) is 5.32 Å². The van der Waals surface area contributed by atoms with Crippen molar-refractivity contribution in [2.75, 3.05) is 25.5 Å². The third-order valence-corrected chi connectivity index (χ3v) is 5.60. The maximum absolute atomic E-state index is 12.4. The number of urea groups is 1. The SMILES string of the molecule is CN1C(=O)C[C@H](C(=O)O)C12CCN(C(=O)Nc1cccc(Cl)c1)CC2. The van der Waals surface area contributed by atoms with Crippen LogP contribution < -0.4 is 5.32 Å². The predicted octanol–water partition coefficient (Wildman–Crippen LogP) is 2.27. The fraction of sp³-hybridized carbons (Fsp3) is 0.471. The van der Waals surface area contributed by atoms with Crippen molar-refractivity contribution < 1.29 is 19.5 Å². The first kappa shape index (κ1) is 17.5. The van der Waals surface area contributed by atoms with Crippen LogP contribution in [0.2, 0.25) is 5.02 Å². The van der Waals surface area contributed by atoms with Gasteiger partial charge in [-0.15, -0.1) is 0 Å². The fourth-order valence-electron chi connectivity index (χ4n) is 3.85. The second-order valence-electron chi connectivity index (χ2n) is 6.58. The molecule has 1 spiro atoms. The molecule has 7 nitrogen and oxygen atoms in total. The van der Waals surface area contributed by atoms with Crippen molar-refractivity contribution in [1.82, 2.24) is 9.80 Å². The van der Waals surface area contributed by atoms with Crippen LogP contribution in [0.5, 0.6) is 0 Å². The van der Waals surface area contributed by atoms with E-state index in [0.29, 0.717) is 36.6 Å². The Balaban J connectivity index is 1.67. The summed E-state index contributed by atoms with van der Waals surface area (Å²) in [6.07, 6.45) is 0.935. The Kier molecular flexibility index (Phi) is 4.60. The normalized spacial score (nSPS) is 22.3. The molecule has 3 amide bonds. The number of rotatable bonds is 2. The van der Waals surface area contributed by atoms with Gasteiger partial charge in [-0.25, -0.2) is 4.79 Å². The van der Waals surface area contributed by atoms with Crippen LogP contribution >= 0.6 is 11.6 Å². The molecule has 134 valence electrons. The molecule has 0 bridgehead atoms. The molecule has 25 heavy (non-hydrogen) atoms. The zero-order valence-corrected chi connectivity index (χ0v) is 14.6. The van der Waals surface area contributed by atoms with Crippen LogP contribution in [-0.4, -0.2) is 58.5 Å². The van der Waals surface area contributed by atoms with Gasteiger partial charge in [0.15, 0.2) is 0 Å². The first-order chi connectivity index (χ1) is 11.8. The number of halogens is 1. The van der Waals surface area contributed by atoms with Gasteiger partial charge in [0.1, 0.15) is 0 Å². The number of hydrogen-bond donors (Lipinski definition) is 2. The average molecular weight is 366 g/mol. The lowest BCUT2D eigenvalue weighted by molar-refractivity contribution is -0.145. The van der Waals surface area contributed by atoms with Crippen LogP contribution in [0.4, 0.5) is 10.5 Å². The number of anilines is 1. The molecule has 2 heterocycles. The fourth-order valence-corrected chi connectivity index (χ4v) is 4.04. The van der Waals surface area contributed by atoms with E-state index in [1.807, 2.05) is 0 Å². The van der Waals surface area contributed by atoms with E-state index in [4.69, 9.17) is 11.6 Å². The van der Waals surface area contributed by atoms with E-state index in [1.165, 1.54) is 0 Å². The number of aliphatic carboxylic acids is 1. The van der Waals surface area contributed by atoms with Gasteiger partial charge in [-0.05, 0) is 31.0 Å². The zero-order chi connectivity index (χ0) is 18.2. The monoisotopic (exact) mass is 365 g/mol. The number of likely N-dealkylation sites (tertiary alicyclic amines) is 2. The van der Waals surface area contributed by atoms with E-state index in [0.717, 1.165) is 0 Å². The highest BCUT2D eigenvalue weighted by Crippen LogP contribution is 2.42. The number of piperidine rings is 1. The Bertz CT molecular complexity index is 716. The summed E-state index contributed by atoms with van der Waals surface area (Å²) in [6.45, 7) is 0.793. The highest BCUT2D eigenvalue weighted by molar-refractivity contribution is 6.30. The number of hydrogen-bond acceptors (Lipinski definition) is 3. The van der Waals surface area contributed by atoms with Crippen LogP contribution in [0.15, 0.2) is 24.3 Å². The summed E-state index contributed by atoms with van der Waals surface area (Å²) in [5.74, 6) is -1.82. The average Bonchev–Trinajstić information content (AvgIpc) is 2.81. The topological polar surface area (TPSA) is 90.0 Å². The Morgan fingerprint density at radius 3 is 2.60 bits per heavy atom. The van der Waals surface area contributed by atoms with Crippen LogP contribution in [0.3, 0.4) is 0 Å². The maximum Gasteiger partial charge on any atom is 0.321 e. The van der Waals surface area contributed by atoms with Crippen molar-refractivity contribution in [3.05, 3.63) is 29.3 Å². The van der Waals surface area contributed by atoms with Crippen LogP contribution in [0, 0.1) is 5.92 Å². The Labute approximate surface area is 150 Å². The van der Waals surface area contributed by atoms with Crippen LogP contribution in [0.25, 0.3) is 0 Å². The Hall–Kier alpha value is -2.28. The molecule has 1 aromatic rings. The molecule has 0 aromatic heterocycles. The molecule has 1 atom stereocenters. The number of benzene rings is 1. The van der Waals surface area contributed by atoms with Crippen LogP contribution in [-0.2, 0) is 9.59 Å². The minimum Gasteiger partial charge on any atom is -0.481 e. The molecule has 2 N–H and O–H groups in total. The summed E-state index contributed by atoms with van der Waals surface area (Å²) in [4.78, 5) is 39.2. The maximum atomic E-state index is 12.4. The van der Waals surface area contributed by atoms with Gasteiger partial charge in [-0.3, -0.25) is 9.59 Å². The molecule has 0 radical (unpaired) electrons. The molecule has 2 fully saturated rings. The number of carboxylic acids is 1. The lowest BCUT2D eigenvalue weighted by Gasteiger charge is -2.45. The number of carbonyl (C=O) groups excluding carboxylic acids is 2. The van der Waals surface area contributed by atoms with E-state index in [1.54, 1.807) is 41.1 Å². The lowest BCUT2D eigenvalue weighted by Crippen LogP contribution is -2.57. The molecule has 1 aromatic carbocycles. The van der Waals surface area contributed by atoms with Gasteiger partial charge >= 0.3 is 12.0 Å².